The number of imidazole rings is 1. The molecule has 3 aromatic rings. The normalized spacial score (nSPS) is 29.1. The maximum atomic E-state index is 11.5. The summed E-state index contributed by atoms with van der Waals surface area (Å²) in [6.45, 7) is 2.19. The van der Waals surface area contributed by atoms with E-state index >= 15 is 0 Å². The molecule has 2 aliphatic rings. The molecule has 0 radical (unpaired) electrons. The maximum Gasteiger partial charge on any atom is 0.153 e. The molecule has 6 heteroatoms. The minimum atomic E-state index is -0.930. The largest absolute Gasteiger partial charge is 0.383 e. The summed E-state index contributed by atoms with van der Waals surface area (Å²) in [7, 11) is 0. The molecule has 2 aromatic heterocycles. The van der Waals surface area contributed by atoms with E-state index in [0.717, 1.165) is 17.9 Å². The van der Waals surface area contributed by atoms with Gasteiger partial charge in [-0.05, 0) is 30.5 Å². The van der Waals surface area contributed by atoms with Crippen LogP contribution in [0.2, 0.25) is 0 Å². The number of aromatic nitrogens is 3. The van der Waals surface area contributed by atoms with E-state index in [-0.39, 0.29) is 12.1 Å². The molecule has 0 saturated carbocycles. The fraction of sp³-hybridized carbons (Fsp3) is 0.400. The van der Waals surface area contributed by atoms with E-state index in [9.17, 15) is 5.11 Å². The zero-order valence-electron chi connectivity index (χ0n) is 14.5. The Kier molecular flexibility index (Phi) is 3.77. The number of ether oxygens (including phenoxy) is 1. The van der Waals surface area contributed by atoms with Crippen LogP contribution < -0.4 is 0 Å². The summed E-state index contributed by atoms with van der Waals surface area (Å²) in [6.07, 6.45) is 4.75. The highest BCUT2D eigenvalue weighted by Crippen LogP contribution is 2.41. The Balaban J connectivity index is 1.46. The van der Waals surface area contributed by atoms with Crippen LogP contribution in [0.25, 0.3) is 5.65 Å². The Morgan fingerprint density at radius 2 is 1.85 bits per heavy atom. The summed E-state index contributed by atoms with van der Waals surface area (Å²) in [5.41, 5.74) is 1.92. The summed E-state index contributed by atoms with van der Waals surface area (Å²) in [4.78, 5) is 6.91. The van der Waals surface area contributed by atoms with Gasteiger partial charge in [0.25, 0.3) is 0 Å². The second-order valence-corrected chi connectivity index (χ2v) is 7.38. The Morgan fingerprint density at radius 1 is 1.08 bits per heavy atom. The van der Waals surface area contributed by atoms with Crippen LogP contribution in [0.1, 0.15) is 24.1 Å². The fourth-order valence-corrected chi connectivity index (χ4v) is 4.45. The molecule has 4 heterocycles. The molecule has 2 fully saturated rings. The number of hydrogen-bond acceptors (Lipinski definition) is 5. The minimum absolute atomic E-state index is 0.182. The van der Waals surface area contributed by atoms with Crippen LogP contribution in [-0.4, -0.2) is 49.9 Å². The highest BCUT2D eigenvalue weighted by Gasteiger charge is 2.48. The smallest absolute Gasteiger partial charge is 0.153 e. The first-order valence-electron chi connectivity index (χ1n) is 9.12. The summed E-state index contributed by atoms with van der Waals surface area (Å²) in [5.74, 6) is 0. The highest BCUT2D eigenvalue weighted by molar-refractivity contribution is 5.39. The molecule has 1 aromatic carbocycles. The first-order valence-corrected chi connectivity index (χ1v) is 9.12. The third-order valence-electron chi connectivity index (χ3n) is 5.67. The Morgan fingerprint density at radius 3 is 2.62 bits per heavy atom. The highest BCUT2D eigenvalue weighted by atomic mass is 16.5. The third-order valence-corrected chi connectivity index (χ3v) is 5.67. The summed E-state index contributed by atoms with van der Waals surface area (Å²) >= 11 is 0. The van der Waals surface area contributed by atoms with Crippen molar-refractivity contribution in [1.82, 2.24) is 19.5 Å². The molecule has 2 bridgehead atoms. The van der Waals surface area contributed by atoms with Crippen molar-refractivity contribution < 1.29 is 9.84 Å². The molecule has 6 nitrogen and oxygen atoms in total. The van der Waals surface area contributed by atoms with Crippen molar-refractivity contribution in [2.45, 2.75) is 37.1 Å². The predicted octanol–water partition coefficient (Wildman–Crippen LogP) is 1.98. The van der Waals surface area contributed by atoms with Crippen LogP contribution in [0.3, 0.4) is 0 Å². The second kappa shape index (κ2) is 6.16. The van der Waals surface area contributed by atoms with Crippen LogP contribution in [0, 0.1) is 0 Å². The standard InChI is InChI=1S/C20H22N4O2/c25-20(18-11-21-19-7-4-8-22-24(18)19)9-16-13-26-14-17(10-20)23(16)12-15-5-2-1-3-6-15/h1-8,11,16-17,25H,9-10,12-14H2. The zero-order valence-corrected chi connectivity index (χ0v) is 14.5. The lowest BCUT2D eigenvalue weighted by atomic mass is 9.79. The number of aliphatic hydroxyl groups is 1. The van der Waals surface area contributed by atoms with E-state index < -0.39 is 5.60 Å². The molecule has 1 N–H and O–H groups in total. The SMILES string of the molecule is OC1(c2cnc3cccnn23)CC2COCC(C1)N2Cc1ccccc1. The molecule has 0 aliphatic carbocycles. The summed E-state index contributed by atoms with van der Waals surface area (Å²) in [5, 5.41) is 15.9. The van der Waals surface area contributed by atoms with Crippen molar-refractivity contribution in [3.63, 3.8) is 0 Å². The number of hydrogen-bond donors (Lipinski definition) is 1. The van der Waals surface area contributed by atoms with Crippen LogP contribution in [0.5, 0.6) is 0 Å². The van der Waals surface area contributed by atoms with Crippen LogP contribution >= 0.6 is 0 Å². The summed E-state index contributed by atoms with van der Waals surface area (Å²) < 4.78 is 7.58. The molecular weight excluding hydrogens is 328 g/mol. The molecule has 2 unspecified atom stereocenters. The lowest BCUT2D eigenvalue weighted by Gasteiger charge is -2.51. The quantitative estimate of drug-likeness (QED) is 0.783. The van der Waals surface area contributed by atoms with Gasteiger partial charge in [-0.1, -0.05) is 30.3 Å². The van der Waals surface area contributed by atoms with Gasteiger partial charge in [-0.15, -0.1) is 0 Å². The van der Waals surface area contributed by atoms with Gasteiger partial charge in [0.15, 0.2) is 5.65 Å². The Hall–Kier alpha value is -2.28. The zero-order chi connectivity index (χ0) is 17.6. The Labute approximate surface area is 152 Å². The number of fused-ring (bicyclic) bond motifs is 3. The van der Waals surface area contributed by atoms with Gasteiger partial charge in [-0.25, -0.2) is 9.50 Å². The topological polar surface area (TPSA) is 62.9 Å². The number of nitrogens with zero attached hydrogens (tertiary/aromatic N) is 4. The first-order chi connectivity index (χ1) is 12.7. The van der Waals surface area contributed by atoms with Gasteiger partial charge in [0.2, 0.25) is 0 Å². The second-order valence-electron chi connectivity index (χ2n) is 7.38. The van der Waals surface area contributed by atoms with E-state index in [1.807, 2.05) is 18.2 Å². The molecule has 0 spiro atoms. The molecule has 2 atom stereocenters. The average molecular weight is 350 g/mol. The summed E-state index contributed by atoms with van der Waals surface area (Å²) in [6, 6.07) is 14.6. The monoisotopic (exact) mass is 350 g/mol. The first kappa shape index (κ1) is 15.9. The number of benzene rings is 1. The van der Waals surface area contributed by atoms with E-state index in [1.54, 1.807) is 16.9 Å². The van der Waals surface area contributed by atoms with Crippen molar-refractivity contribution in [3.8, 4) is 0 Å². The van der Waals surface area contributed by atoms with Crippen LogP contribution in [0.4, 0.5) is 0 Å². The van der Waals surface area contributed by atoms with Crippen molar-refractivity contribution in [3.05, 3.63) is 66.1 Å². The van der Waals surface area contributed by atoms with Crippen molar-refractivity contribution in [2.24, 2.45) is 0 Å². The van der Waals surface area contributed by atoms with E-state index in [0.29, 0.717) is 26.1 Å². The number of piperidine rings is 1. The van der Waals surface area contributed by atoms with Gasteiger partial charge in [-0.2, -0.15) is 5.10 Å². The number of morpholine rings is 1. The van der Waals surface area contributed by atoms with Gasteiger partial charge < -0.3 is 9.84 Å². The van der Waals surface area contributed by atoms with Gasteiger partial charge >= 0.3 is 0 Å². The lowest BCUT2D eigenvalue weighted by molar-refractivity contribution is -0.151. The fourth-order valence-electron chi connectivity index (χ4n) is 4.45. The molecule has 5 rings (SSSR count). The molecular formula is C20H22N4O2. The van der Waals surface area contributed by atoms with Gasteiger partial charge in [0, 0.05) is 24.8 Å². The predicted molar refractivity (Wildman–Crippen MR) is 96.5 cm³/mol. The molecule has 134 valence electrons. The minimum Gasteiger partial charge on any atom is -0.383 e. The van der Waals surface area contributed by atoms with Crippen molar-refractivity contribution in [2.75, 3.05) is 13.2 Å². The van der Waals surface area contributed by atoms with Crippen LogP contribution in [-0.2, 0) is 16.9 Å². The van der Waals surface area contributed by atoms with Gasteiger partial charge in [-0.3, -0.25) is 4.90 Å². The van der Waals surface area contributed by atoms with E-state index in [1.165, 1.54) is 5.56 Å². The molecule has 2 aliphatic heterocycles. The lowest BCUT2D eigenvalue weighted by Crippen LogP contribution is -2.60. The molecule has 26 heavy (non-hydrogen) atoms. The number of rotatable bonds is 3. The third kappa shape index (κ3) is 2.61. The maximum absolute atomic E-state index is 11.5. The van der Waals surface area contributed by atoms with Gasteiger partial charge in [0.1, 0.15) is 5.60 Å². The van der Waals surface area contributed by atoms with E-state index in [2.05, 4.69) is 39.2 Å². The van der Waals surface area contributed by atoms with E-state index in [4.69, 9.17) is 4.74 Å². The van der Waals surface area contributed by atoms with Crippen molar-refractivity contribution >= 4 is 5.65 Å². The average Bonchev–Trinajstić information content (AvgIpc) is 3.09. The Bertz CT molecular complexity index is 896. The molecule has 2 saturated heterocycles. The molecule has 0 amide bonds. The van der Waals surface area contributed by atoms with Gasteiger partial charge in [0.05, 0.1) is 25.1 Å². The van der Waals surface area contributed by atoms with Crippen molar-refractivity contribution in [1.29, 1.82) is 0 Å². The van der Waals surface area contributed by atoms with Crippen LogP contribution in [0.15, 0.2) is 54.9 Å².